The van der Waals surface area contributed by atoms with Crippen molar-refractivity contribution in [2.45, 2.75) is 39.2 Å². The van der Waals surface area contributed by atoms with Gasteiger partial charge in [-0.1, -0.05) is 0 Å². The average Bonchev–Trinajstić information content (AvgIpc) is 2.86. The predicted molar refractivity (Wildman–Crippen MR) is 60.6 cm³/mol. The van der Waals surface area contributed by atoms with Crippen LogP contribution in [0.15, 0.2) is 0 Å². The average molecular weight is 224 g/mol. The number of carbonyl (C=O) groups excluding carboxylic acids is 2. The summed E-state index contributed by atoms with van der Waals surface area (Å²) in [6.07, 6.45) is 3.37. The number of fused-ring (bicyclic) bond motifs is 1. The summed E-state index contributed by atoms with van der Waals surface area (Å²) in [5.41, 5.74) is 0. The van der Waals surface area contributed by atoms with Crippen LogP contribution in [-0.4, -0.2) is 24.4 Å². The zero-order chi connectivity index (χ0) is 11.7. The Morgan fingerprint density at radius 2 is 1.88 bits per heavy atom. The SMILES string of the molecule is CCNC(=O)C(C)NC(=O)C1CC2CC2C1. The lowest BCUT2D eigenvalue weighted by atomic mass is 10.0. The Kier molecular flexibility index (Phi) is 3.17. The van der Waals surface area contributed by atoms with E-state index in [1.54, 1.807) is 6.92 Å². The molecule has 2 N–H and O–H groups in total. The Bertz CT molecular complexity index is 293. The standard InChI is InChI=1S/C12H20N2O2/c1-3-13-11(15)7(2)14-12(16)10-5-8-4-9(8)6-10/h7-10H,3-6H2,1-2H3,(H,13,15)(H,14,16). The van der Waals surface area contributed by atoms with E-state index in [1.807, 2.05) is 6.92 Å². The Morgan fingerprint density at radius 1 is 1.25 bits per heavy atom. The molecule has 16 heavy (non-hydrogen) atoms. The molecular weight excluding hydrogens is 204 g/mol. The normalized spacial score (nSPS) is 32.8. The van der Waals surface area contributed by atoms with Crippen LogP contribution in [0.4, 0.5) is 0 Å². The van der Waals surface area contributed by atoms with Crippen molar-refractivity contribution in [3.8, 4) is 0 Å². The van der Waals surface area contributed by atoms with Crippen molar-refractivity contribution in [2.24, 2.45) is 17.8 Å². The molecule has 0 bridgehead atoms. The van der Waals surface area contributed by atoms with Gasteiger partial charge in [-0.25, -0.2) is 0 Å². The number of likely N-dealkylation sites (N-methyl/N-ethyl adjacent to an activating group) is 1. The second kappa shape index (κ2) is 4.44. The van der Waals surface area contributed by atoms with Gasteiger partial charge in [0.1, 0.15) is 6.04 Å². The minimum Gasteiger partial charge on any atom is -0.355 e. The van der Waals surface area contributed by atoms with Crippen molar-refractivity contribution in [3.05, 3.63) is 0 Å². The maximum Gasteiger partial charge on any atom is 0.242 e. The van der Waals surface area contributed by atoms with Crippen molar-refractivity contribution in [1.82, 2.24) is 10.6 Å². The van der Waals surface area contributed by atoms with Gasteiger partial charge >= 0.3 is 0 Å². The molecule has 0 aliphatic heterocycles. The molecule has 2 aliphatic rings. The molecule has 4 heteroatoms. The molecule has 3 unspecified atom stereocenters. The van der Waals surface area contributed by atoms with Gasteiger partial charge in [0.05, 0.1) is 0 Å². The molecule has 90 valence electrons. The van der Waals surface area contributed by atoms with Crippen LogP contribution in [0.3, 0.4) is 0 Å². The van der Waals surface area contributed by atoms with Crippen LogP contribution in [0, 0.1) is 17.8 Å². The van der Waals surface area contributed by atoms with Gasteiger partial charge in [-0.3, -0.25) is 9.59 Å². The molecule has 2 saturated carbocycles. The summed E-state index contributed by atoms with van der Waals surface area (Å²) in [4.78, 5) is 23.3. The predicted octanol–water partition coefficient (Wildman–Crippen LogP) is 0.673. The Hall–Kier alpha value is -1.06. The third-order valence-corrected chi connectivity index (χ3v) is 3.72. The van der Waals surface area contributed by atoms with Crippen LogP contribution in [0.5, 0.6) is 0 Å². The molecule has 0 aromatic heterocycles. The van der Waals surface area contributed by atoms with Crippen LogP contribution in [0.25, 0.3) is 0 Å². The molecule has 4 nitrogen and oxygen atoms in total. The summed E-state index contributed by atoms with van der Waals surface area (Å²) in [6, 6.07) is -0.413. The first-order valence-electron chi connectivity index (χ1n) is 6.20. The fourth-order valence-corrected chi connectivity index (χ4v) is 2.65. The summed E-state index contributed by atoms with van der Waals surface area (Å²) < 4.78 is 0. The molecule has 2 amide bonds. The lowest BCUT2D eigenvalue weighted by Gasteiger charge is -2.17. The van der Waals surface area contributed by atoms with Gasteiger partial charge in [-0.05, 0) is 44.9 Å². The fourth-order valence-electron chi connectivity index (χ4n) is 2.65. The van der Waals surface area contributed by atoms with Gasteiger partial charge in [0.2, 0.25) is 11.8 Å². The van der Waals surface area contributed by atoms with E-state index in [-0.39, 0.29) is 17.7 Å². The van der Waals surface area contributed by atoms with Crippen molar-refractivity contribution in [3.63, 3.8) is 0 Å². The maximum absolute atomic E-state index is 11.8. The van der Waals surface area contributed by atoms with E-state index in [0.717, 1.165) is 24.7 Å². The zero-order valence-electron chi connectivity index (χ0n) is 9.95. The summed E-state index contributed by atoms with van der Waals surface area (Å²) in [5.74, 6) is 1.72. The molecule has 0 saturated heterocycles. The van der Waals surface area contributed by atoms with E-state index >= 15 is 0 Å². The van der Waals surface area contributed by atoms with Crippen LogP contribution < -0.4 is 10.6 Å². The van der Waals surface area contributed by atoms with Crippen molar-refractivity contribution >= 4 is 11.8 Å². The Labute approximate surface area is 96.2 Å². The largest absolute Gasteiger partial charge is 0.355 e. The van der Waals surface area contributed by atoms with Crippen molar-refractivity contribution < 1.29 is 9.59 Å². The number of hydrogen-bond acceptors (Lipinski definition) is 2. The number of carbonyl (C=O) groups is 2. The van der Waals surface area contributed by atoms with Gasteiger partial charge in [-0.15, -0.1) is 0 Å². The van der Waals surface area contributed by atoms with E-state index < -0.39 is 6.04 Å². The molecule has 2 fully saturated rings. The summed E-state index contributed by atoms with van der Waals surface area (Å²) in [6.45, 7) is 4.21. The summed E-state index contributed by atoms with van der Waals surface area (Å²) >= 11 is 0. The third kappa shape index (κ3) is 2.36. The second-order valence-electron chi connectivity index (χ2n) is 5.05. The highest BCUT2D eigenvalue weighted by Gasteiger charge is 2.48. The van der Waals surface area contributed by atoms with Gasteiger partial charge in [0, 0.05) is 12.5 Å². The van der Waals surface area contributed by atoms with E-state index in [1.165, 1.54) is 6.42 Å². The van der Waals surface area contributed by atoms with E-state index in [0.29, 0.717) is 6.54 Å². The highest BCUT2D eigenvalue weighted by molar-refractivity contribution is 5.88. The van der Waals surface area contributed by atoms with Crippen LogP contribution in [-0.2, 0) is 9.59 Å². The smallest absolute Gasteiger partial charge is 0.242 e. The summed E-state index contributed by atoms with van der Waals surface area (Å²) in [7, 11) is 0. The van der Waals surface area contributed by atoms with Gasteiger partial charge in [-0.2, -0.15) is 0 Å². The lowest BCUT2D eigenvalue weighted by Crippen LogP contribution is -2.46. The highest BCUT2D eigenvalue weighted by Crippen LogP contribution is 2.54. The molecule has 0 aromatic rings. The number of rotatable bonds is 4. The number of hydrogen-bond donors (Lipinski definition) is 2. The zero-order valence-corrected chi connectivity index (χ0v) is 9.95. The van der Waals surface area contributed by atoms with Crippen LogP contribution in [0.2, 0.25) is 0 Å². The second-order valence-corrected chi connectivity index (χ2v) is 5.05. The molecular formula is C12H20N2O2. The van der Waals surface area contributed by atoms with E-state index in [9.17, 15) is 9.59 Å². The monoisotopic (exact) mass is 224 g/mol. The van der Waals surface area contributed by atoms with Crippen LogP contribution >= 0.6 is 0 Å². The van der Waals surface area contributed by atoms with E-state index in [4.69, 9.17) is 0 Å². The first-order chi connectivity index (χ1) is 7.61. The first-order valence-corrected chi connectivity index (χ1v) is 6.20. The van der Waals surface area contributed by atoms with Crippen LogP contribution in [0.1, 0.15) is 33.1 Å². The molecule has 3 atom stereocenters. The molecule has 0 spiro atoms. The van der Waals surface area contributed by atoms with Gasteiger partial charge < -0.3 is 10.6 Å². The quantitative estimate of drug-likeness (QED) is 0.737. The molecule has 2 rings (SSSR count). The van der Waals surface area contributed by atoms with E-state index in [2.05, 4.69) is 10.6 Å². The Balaban J connectivity index is 1.76. The minimum atomic E-state index is -0.413. The molecule has 0 heterocycles. The third-order valence-electron chi connectivity index (χ3n) is 3.72. The van der Waals surface area contributed by atoms with Crippen molar-refractivity contribution in [2.75, 3.05) is 6.54 Å². The topological polar surface area (TPSA) is 58.2 Å². The highest BCUT2D eigenvalue weighted by atomic mass is 16.2. The fraction of sp³-hybridized carbons (Fsp3) is 0.833. The number of nitrogens with one attached hydrogen (secondary N) is 2. The summed E-state index contributed by atoms with van der Waals surface area (Å²) in [5, 5.41) is 5.50. The molecule has 2 aliphatic carbocycles. The van der Waals surface area contributed by atoms with Gasteiger partial charge in [0.25, 0.3) is 0 Å². The maximum atomic E-state index is 11.8. The van der Waals surface area contributed by atoms with Crippen molar-refractivity contribution in [1.29, 1.82) is 0 Å². The molecule has 0 aromatic carbocycles. The first kappa shape index (κ1) is 11.4. The minimum absolute atomic E-state index is 0.0611. The Morgan fingerprint density at radius 3 is 2.44 bits per heavy atom. The molecule has 0 radical (unpaired) electrons. The number of amides is 2. The lowest BCUT2D eigenvalue weighted by molar-refractivity contribution is -0.130. The van der Waals surface area contributed by atoms with Gasteiger partial charge in [0.15, 0.2) is 0 Å².